The first kappa shape index (κ1) is 18.1. The number of rotatable bonds is 6. The van der Waals surface area contributed by atoms with Gasteiger partial charge in [-0.05, 0) is 36.1 Å². The summed E-state index contributed by atoms with van der Waals surface area (Å²) in [7, 11) is 0. The SMILES string of the molecule is Cc1cccc(C(C)C)c1NC(=O)CSc1nnc(-c2ccco2)n1N. The molecule has 2 aromatic heterocycles. The van der Waals surface area contributed by atoms with Crippen LogP contribution < -0.4 is 11.2 Å². The monoisotopic (exact) mass is 371 g/mol. The number of amides is 1. The lowest BCUT2D eigenvalue weighted by Gasteiger charge is -2.16. The van der Waals surface area contributed by atoms with Crippen LogP contribution in [-0.2, 0) is 4.79 Å². The largest absolute Gasteiger partial charge is 0.461 e. The zero-order chi connectivity index (χ0) is 18.7. The number of carbonyl (C=O) groups is 1. The van der Waals surface area contributed by atoms with Crippen LogP contribution in [0.2, 0.25) is 0 Å². The molecule has 1 amide bonds. The Morgan fingerprint density at radius 2 is 2.12 bits per heavy atom. The van der Waals surface area contributed by atoms with E-state index in [9.17, 15) is 4.79 Å². The van der Waals surface area contributed by atoms with Crippen LogP contribution in [0.15, 0.2) is 46.2 Å². The lowest BCUT2D eigenvalue weighted by atomic mass is 9.98. The number of nitrogen functional groups attached to an aromatic ring is 1. The predicted octanol–water partition coefficient (Wildman–Crippen LogP) is 3.41. The van der Waals surface area contributed by atoms with E-state index in [4.69, 9.17) is 10.3 Å². The first-order valence-corrected chi connectivity index (χ1v) is 9.22. The maximum absolute atomic E-state index is 12.4. The lowest BCUT2D eigenvalue weighted by Crippen LogP contribution is -2.18. The molecule has 0 unspecified atom stereocenters. The molecule has 1 aromatic carbocycles. The standard InChI is InChI=1S/C18H21N5O2S/c1-11(2)13-7-4-6-12(3)16(13)20-15(24)10-26-18-22-21-17(23(18)19)14-8-5-9-25-14/h4-9,11H,10,19H2,1-3H3,(H,20,24). The summed E-state index contributed by atoms with van der Waals surface area (Å²) in [6, 6.07) is 9.52. The van der Waals surface area contributed by atoms with Crippen LogP contribution in [0.25, 0.3) is 11.6 Å². The van der Waals surface area contributed by atoms with E-state index in [1.54, 1.807) is 18.4 Å². The predicted molar refractivity (Wildman–Crippen MR) is 102 cm³/mol. The van der Waals surface area contributed by atoms with Crippen LogP contribution in [0, 0.1) is 6.92 Å². The molecule has 0 aliphatic carbocycles. The highest BCUT2D eigenvalue weighted by Crippen LogP contribution is 2.28. The number of aromatic nitrogens is 3. The van der Waals surface area contributed by atoms with Gasteiger partial charge in [-0.1, -0.05) is 43.8 Å². The number of aryl methyl sites for hydroxylation is 1. The van der Waals surface area contributed by atoms with E-state index in [2.05, 4.69) is 29.4 Å². The van der Waals surface area contributed by atoms with Gasteiger partial charge in [0.2, 0.25) is 16.9 Å². The number of hydrogen-bond acceptors (Lipinski definition) is 6. The number of hydrogen-bond donors (Lipinski definition) is 2. The summed E-state index contributed by atoms with van der Waals surface area (Å²) in [5.74, 6) is 7.33. The molecule has 3 N–H and O–H groups in total. The van der Waals surface area contributed by atoms with E-state index in [0.717, 1.165) is 16.8 Å². The number of nitrogens with one attached hydrogen (secondary N) is 1. The highest BCUT2D eigenvalue weighted by Gasteiger charge is 2.17. The Kier molecular flexibility index (Phi) is 5.32. The number of thioether (sulfide) groups is 1. The number of para-hydroxylation sites is 1. The molecule has 0 fully saturated rings. The number of benzene rings is 1. The van der Waals surface area contributed by atoms with Crippen molar-refractivity contribution < 1.29 is 9.21 Å². The Bertz CT molecular complexity index is 902. The fourth-order valence-corrected chi connectivity index (χ4v) is 3.25. The molecule has 26 heavy (non-hydrogen) atoms. The van der Waals surface area contributed by atoms with E-state index in [-0.39, 0.29) is 11.7 Å². The van der Waals surface area contributed by atoms with Crippen molar-refractivity contribution in [2.24, 2.45) is 0 Å². The van der Waals surface area contributed by atoms with Gasteiger partial charge in [0, 0.05) is 5.69 Å². The number of anilines is 1. The van der Waals surface area contributed by atoms with Gasteiger partial charge >= 0.3 is 0 Å². The highest BCUT2D eigenvalue weighted by atomic mass is 32.2. The first-order chi connectivity index (χ1) is 12.5. The smallest absolute Gasteiger partial charge is 0.234 e. The molecule has 0 saturated heterocycles. The van der Waals surface area contributed by atoms with Crippen molar-refractivity contribution in [2.45, 2.75) is 31.8 Å². The Morgan fingerprint density at radius 3 is 2.81 bits per heavy atom. The summed E-state index contributed by atoms with van der Waals surface area (Å²) in [6.45, 7) is 6.19. The Hall–Kier alpha value is -2.74. The van der Waals surface area contributed by atoms with E-state index < -0.39 is 0 Å². The van der Waals surface area contributed by atoms with Gasteiger partial charge in [0.1, 0.15) is 0 Å². The summed E-state index contributed by atoms with van der Waals surface area (Å²) in [6.07, 6.45) is 1.54. The average molecular weight is 371 g/mol. The van der Waals surface area contributed by atoms with Crippen LogP contribution in [-0.4, -0.2) is 26.5 Å². The molecule has 0 aliphatic rings. The molecular formula is C18H21N5O2S. The van der Waals surface area contributed by atoms with Crippen LogP contribution in [0.4, 0.5) is 5.69 Å². The normalized spacial score (nSPS) is 11.1. The van der Waals surface area contributed by atoms with Crippen molar-refractivity contribution in [3.05, 3.63) is 47.7 Å². The zero-order valence-electron chi connectivity index (χ0n) is 14.9. The molecule has 0 spiro atoms. The second kappa shape index (κ2) is 7.65. The zero-order valence-corrected chi connectivity index (χ0v) is 15.7. The molecule has 0 bridgehead atoms. The molecule has 0 atom stereocenters. The van der Waals surface area contributed by atoms with E-state index in [1.807, 2.05) is 25.1 Å². The van der Waals surface area contributed by atoms with E-state index in [1.165, 1.54) is 16.4 Å². The van der Waals surface area contributed by atoms with Gasteiger partial charge in [-0.3, -0.25) is 4.79 Å². The summed E-state index contributed by atoms with van der Waals surface area (Å²) in [4.78, 5) is 12.4. The maximum Gasteiger partial charge on any atom is 0.234 e. The molecule has 7 nitrogen and oxygen atoms in total. The molecule has 2 heterocycles. The summed E-state index contributed by atoms with van der Waals surface area (Å²) in [5, 5.41) is 11.5. The van der Waals surface area contributed by atoms with Crippen LogP contribution in [0.1, 0.15) is 30.9 Å². The molecule has 136 valence electrons. The van der Waals surface area contributed by atoms with Crippen molar-refractivity contribution >= 4 is 23.4 Å². The number of nitrogens with two attached hydrogens (primary N) is 1. The second-order valence-electron chi connectivity index (χ2n) is 6.18. The van der Waals surface area contributed by atoms with Crippen molar-refractivity contribution in [3.8, 4) is 11.6 Å². The third-order valence-electron chi connectivity index (χ3n) is 3.93. The van der Waals surface area contributed by atoms with Gasteiger partial charge in [-0.15, -0.1) is 10.2 Å². The van der Waals surface area contributed by atoms with Crippen molar-refractivity contribution in [3.63, 3.8) is 0 Å². The van der Waals surface area contributed by atoms with Gasteiger partial charge in [0.05, 0.1) is 12.0 Å². The van der Waals surface area contributed by atoms with Crippen molar-refractivity contribution in [1.29, 1.82) is 0 Å². The highest BCUT2D eigenvalue weighted by molar-refractivity contribution is 7.99. The second-order valence-corrected chi connectivity index (χ2v) is 7.13. The number of carbonyl (C=O) groups excluding carboxylic acids is 1. The molecule has 0 aliphatic heterocycles. The Labute approximate surface area is 156 Å². The fourth-order valence-electron chi connectivity index (χ4n) is 2.60. The molecule has 0 radical (unpaired) electrons. The molecular weight excluding hydrogens is 350 g/mol. The molecule has 8 heteroatoms. The van der Waals surface area contributed by atoms with E-state index in [0.29, 0.717) is 22.7 Å². The lowest BCUT2D eigenvalue weighted by molar-refractivity contribution is -0.113. The molecule has 3 aromatic rings. The van der Waals surface area contributed by atoms with Gasteiger partial charge in [-0.25, -0.2) is 4.68 Å². The quantitative estimate of drug-likeness (QED) is 0.509. The summed E-state index contributed by atoms with van der Waals surface area (Å²) >= 11 is 1.22. The first-order valence-electron chi connectivity index (χ1n) is 8.24. The number of nitrogens with zero attached hydrogens (tertiary/aromatic N) is 3. The van der Waals surface area contributed by atoms with Crippen LogP contribution in [0.5, 0.6) is 0 Å². The Morgan fingerprint density at radius 1 is 1.31 bits per heavy atom. The summed E-state index contributed by atoms with van der Waals surface area (Å²) < 4.78 is 6.60. The van der Waals surface area contributed by atoms with Crippen LogP contribution in [0.3, 0.4) is 0 Å². The number of furan rings is 1. The topological polar surface area (TPSA) is 99.0 Å². The summed E-state index contributed by atoms with van der Waals surface area (Å²) in [5.41, 5.74) is 3.03. The third kappa shape index (κ3) is 3.75. The van der Waals surface area contributed by atoms with E-state index >= 15 is 0 Å². The third-order valence-corrected chi connectivity index (χ3v) is 4.87. The van der Waals surface area contributed by atoms with Crippen molar-refractivity contribution in [2.75, 3.05) is 16.9 Å². The van der Waals surface area contributed by atoms with Gasteiger partial charge in [0.25, 0.3) is 0 Å². The van der Waals surface area contributed by atoms with Crippen molar-refractivity contribution in [1.82, 2.24) is 14.9 Å². The minimum atomic E-state index is -0.117. The average Bonchev–Trinajstić information content (AvgIpc) is 3.24. The minimum Gasteiger partial charge on any atom is -0.461 e. The molecule has 0 saturated carbocycles. The fraction of sp³-hybridized carbons (Fsp3) is 0.278. The van der Waals surface area contributed by atoms with Crippen LogP contribution >= 0.6 is 11.8 Å². The molecule has 3 rings (SSSR count). The van der Waals surface area contributed by atoms with Gasteiger partial charge < -0.3 is 15.6 Å². The minimum absolute atomic E-state index is 0.117. The van der Waals surface area contributed by atoms with Gasteiger partial charge in [0.15, 0.2) is 5.76 Å². The maximum atomic E-state index is 12.4. The van der Waals surface area contributed by atoms with Gasteiger partial charge in [-0.2, -0.15) is 0 Å². The Balaban J connectivity index is 1.68.